The van der Waals surface area contributed by atoms with Crippen molar-refractivity contribution in [2.75, 3.05) is 0 Å². The van der Waals surface area contributed by atoms with E-state index in [2.05, 4.69) is 0 Å². The van der Waals surface area contributed by atoms with Gasteiger partial charge in [-0.05, 0) is 0 Å². The third kappa shape index (κ3) is 2.44. The first-order chi connectivity index (χ1) is 3.62. The molecule has 0 aliphatic heterocycles. The van der Waals surface area contributed by atoms with Crippen molar-refractivity contribution in [2.24, 2.45) is 0 Å². The van der Waals surface area contributed by atoms with Crippen molar-refractivity contribution in [1.29, 1.82) is 0 Å². The maximum Gasteiger partial charge on any atom is 0.263 e. The van der Waals surface area contributed by atoms with Crippen LogP contribution in [-0.2, 0) is 9.59 Å². The van der Waals surface area contributed by atoms with Gasteiger partial charge in [0.15, 0.2) is 0 Å². The molecule has 0 bridgehead atoms. The molecular formula is C4H4O4. The van der Waals surface area contributed by atoms with Crippen LogP contribution < -0.4 is 0 Å². The Labute approximate surface area is 45.7 Å². The minimum Gasteiger partial charge on any atom is -0.359 e. The molecule has 0 aromatic heterocycles. The largest absolute Gasteiger partial charge is 0.359 e. The van der Waals surface area contributed by atoms with Crippen molar-refractivity contribution in [3.8, 4) is 0 Å². The lowest BCUT2D eigenvalue weighted by Gasteiger charge is -2.05. The first-order valence-corrected chi connectivity index (χ1v) is 1.81. The van der Waals surface area contributed by atoms with Crippen LogP contribution in [-0.4, -0.2) is 28.6 Å². The van der Waals surface area contributed by atoms with Gasteiger partial charge in [0.05, 0.1) is 6.42 Å². The van der Waals surface area contributed by atoms with Crippen molar-refractivity contribution in [2.45, 2.75) is 12.2 Å². The van der Waals surface area contributed by atoms with Gasteiger partial charge in [-0.15, -0.1) is 0 Å². The molecule has 2 radical (unpaired) electrons. The first-order valence-electron chi connectivity index (χ1n) is 1.81. The van der Waals surface area contributed by atoms with E-state index in [0.717, 1.165) is 12.6 Å². The Kier molecular flexibility index (Phi) is 2.30. The second-order valence-corrected chi connectivity index (χ2v) is 1.24. The average Bonchev–Trinajstić information content (AvgIpc) is 1.67. The monoisotopic (exact) mass is 116 g/mol. The molecule has 0 spiro atoms. The van der Waals surface area contributed by atoms with Crippen LogP contribution in [0, 0.1) is 0 Å². The Morgan fingerprint density at radius 2 is 1.88 bits per heavy atom. The topological polar surface area (TPSA) is 74.6 Å². The minimum absolute atomic E-state index is 0.753. The number of carbonyl (C=O) groups excluding carboxylic acids is 2. The van der Waals surface area contributed by atoms with Crippen LogP contribution in [0.15, 0.2) is 0 Å². The van der Waals surface area contributed by atoms with Crippen LogP contribution in [0.4, 0.5) is 0 Å². The van der Waals surface area contributed by atoms with Gasteiger partial charge in [0.1, 0.15) is 0 Å². The Hall–Kier alpha value is -0.740. The molecule has 0 aliphatic rings. The van der Waals surface area contributed by atoms with Crippen LogP contribution >= 0.6 is 0 Å². The summed E-state index contributed by atoms with van der Waals surface area (Å²) < 4.78 is 0. The number of hydrogen-bond donors (Lipinski definition) is 2. The number of hydrogen-bond acceptors (Lipinski definition) is 4. The summed E-state index contributed by atoms with van der Waals surface area (Å²) in [6.07, 6.45) is 1.23. The van der Waals surface area contributed by atoms with Crippen molar-refractivity contribution < 1.29 is 19.8 Å². The highest BCUT2D eigenvalue weighted by Gasteiger charge is 2.22. The summed E-state index contributed by atoms with van der Waals surface area (Å²) in [7, 11) is 0. The Balaban J connectivity index is 3.70. The van der Waals surface area contributed by atoms with E-state index in [0.29, 0.717) is 0 Å². The van der Waals surface area contributed by atoms with Gasteiger partial charge >= 0.3 is 0 Å². The zero-order valence-electron chi connectivity index (χ0n) is 3.92. The van der Waals surface area contributed by atoms with Crippen LogP contribution in [0.1, 0.15) is 6.42 Å². The molecule has 0 atom stereocenters. The summed E-state index contributed by atoms with van der Waals surface area (Å²) in [5, 5.41) is 16.4. The van der Waals surface area contributed by atoms with E-state index in [1.54, 1.807) is 0 Å². The molecule has 0 saturated heterocycles. The van der Waals surface area contributed by atoms with E-state index >= 15 is 0 Å². The van der Waals surface area contributed by atoms with Gasteiger partial charge < -0.3 is 10.2 Å². The van der Waals surface area contributed by atoms with Crippen LogP contribution in [0.5, 0.6) is 0 Å². The fraction of sp³-hybridized carbons (Fsp3) is 0.500. The van der Waals surface area contributed by atoms with Crippen molar-refractivity contribution >= 4 is 12.6 Å². The van der Waals surface area contributed by atoms with Gasteiger partial charge in [0.2, 0.25) is 12.1 Å². The lowest BCUT2D eigenvalue weighted by Crippen LogP contribution is -2.29. The average molecular weight is 116 g/mol. The summed E-state index contributed by atoms with van der Waals surface area (Å²) in [4.78, 5) is 18.8. The lowest BCUT2D eigenvalue weighted by atomic mass is 10.2. The van der Waals surface area contributed by atoms with Crippen molar-refractivity contribution in [3.63, 3.8) is 0 Å². The fourth-order valence-corrected chi connectivity index (χ4v) is 0.137. The quantitative estimate of drug-likeness (QED) is 0.430. The SMILES string of the molecule is O=[C]CC(O)(O)[C]=O. The summed E-state index contributed by atoms with van der Waals surface area (Å²) in [5.41, 5.74) is 0. The van der Waals surface area contributed by atoms with Gasteiger partial charge in [-0.3, -0.25) is 9.59 Å². The van der Waals surface area contributed by atoms with Crippen LogP contribution in [0.3, 0.4) is 0 Å². The summed E-state index contributed by atoms with van der Waals surface area (Å²) in [6.45, 7) is 0. The molecule has 0 aromatic rings. The molecule has 0 rings (SSSR count). The van der Waals surface area contributed by atoms with Gasteiger partial charge in [0, 0.05) is 0 Å². The molecule has 0 aliphatic carbocycles. The van der Waals surface area contributed by atoms with Crippen molar-refractivity contribution in [1.82, 2.24) is 0 Å². The van der Waals surface area contributed by atoms with E-state index in [4.69, 9.17) is 10.2 Å². The summed E-state index contributed by atoms with van der Waals surface area (Å²) in [6, 6.07) is 0. The maximum atomic E-state index is 9.41. The normalized spacial score (nSPS) is 10.8. The molecular weight excluding hydrogens is 112 g/mol. The smallest absolute Gasteiger partial charge is 0.263 e. The second-order valence-electron chi connectivity index (χ2n) is 1.24. The third-order valence-corrected chi connectivity index (χ3v) is 0.482. The van der Waals surface area contributed by atoms with Gasteiger partial charge in [0.25, 0.3) is 6.29 Å². The highest BCUT2D eigenvalue weighted by molar-refractivity contribution is 5.67. The maximum absolute atomic E-state index is 9.41. The molecule has 2 N–H and O–H groups in total. The lowest BCUT2D eigenvalue weighted by molar-refractivity contribution is -0.0926. The first kappa shape index (κ1) is 7.26. The highest BCUT2D eigenvalue weighted by Crippen LogP contribution is 1.96. The second kappa shape index (κ2) is 2.54. The zero-order chi connectivity index (χ0) is 6.62. The van der Waals surface area contributed by atoms with E-state index in [1.165, 1.54) is 0 Å². The third-order valence-electron chi connectivity index (χ3n) is 0.482. The van der Waals surface area contributed by atoms with E-state index < -0.39 is 12.2 Å². The van der Waals surface area contributed by atoms with Crippen LogP contribution in [0.2, 0.25) is 0 Å². The van der Waals surface area contributed by atoms with E-state index in [1.807, 2.05) is 0 Å². The Bertz CT molecular complexity index is 96.2. The number of rotatable bonds is 3. The molecule has 4 heteroatoms. The summed E-state index contributed by atoms with van der Waals surface area (Å²) in [5.74, 6) is -2.64. The predicted octanol–water partition coefficient (Wildman–Crippen LogP) is -1.72. The molecule has 0 heterocycles. The molecule has 0 amide bonds. The molecule has 44 valence electrons. The molecule has 4 nitrogen and oxygen atoms in total. The standard InChI is InChI=1S/C4H4O4/c5-2-1-4(7,8)3-6/h7-8H,1H2. The van der Waals surface area contributed by atoms with Gasteiger partial charge in [-0.25, -0.2) is 0 Å². The minimum atomic E-state index is -2.64. The van der Waals surface area contributed by atoms with E-state index in [-0.39, 0.29) is 0 Å². The fourth-order valence-electron chi connectivity index (χ4n) is 0.137. The van der Waals surface area contributed by atoms with E-state index in [9.17, 15) is 9.59 Å². The molecule has 0 saturated carbocycles. The van der Waals surface area contributed by atoms with Gasteiger partial charge in [-0.2, -0.15) is 0 Å². The van der Waals surface area contributed by atoms with Gasteiger partial charge in [-0.1, -0.05) is 0 Å². The molecule has 0 aromatic carbocycles. The van der Waals surface area contributed by atoms with Crippen LogP contribution in [0.25, 0.3) is 0 Å². The molecule has 0 unspecified atom stereocenters. The Morgan fingerprint density at radius 1 is 1.38 bits per heavy atom. The summed E-state index contributed by atoms with van der Waals surface area (Å²) >= 11 is 0. The Morgan fingerprint density at radius 3 is 2.00 bits per heavy atom. The number of aliphatic hydroxyl groups is 2. The zero-order valence-corrected chi connectivity index (χ0v) is 3.92. The predicted molar refractivity (Wildman–Crippen MR) is 23.2 cm³/mol. The highest BCUT2D eigenvalue weighted by atomic mass is 16.5. The molecule has 8 heavy (non-hydrogen) atoms. The van der Waals surface area contributed by atoms with Crippen molar-refractivity contribution in [3.05, 3.63) is 0 Å². The molecule has 0 fully saturated rings.